The van der Waals surface area contributed by atoms with Gasteiger partial charge in [0.25, 0.3) is 0 Å². The smallest absolute Gasteiger partial charge is 0.237 e. The summed E-state index contributed by atoms with van der Waals surface area (Å²) in [5.41, 5.74) is 0.353. The van der Waals surface area contributed by atoms with Crippen LogP contribution in [0.15, 0.2) is 47.4 Å². The van der Waals surface area contributed by atoms with Gasteiger partial charge in [-0.05, 0) is 43.3 Å². The molecule has 6 heteroatoms. The van der Waals surface area contributed by atoms with Crippen LogP contribution in [0.4, 0.5) is 14.5 Å². The van der Waals surface area contributed by atoms with E-state index in [9.17, 15) is 13.6 Å². The summed E-state index contributed by atoms with van der Waals surface area (Å²) >= 11 is 1.38. The topological polar surface area (TPSA) is 29.5 Å². The Labute approximate surface area is 138 Å². The van der Waals surface area contributed by atoms with Crippen LogP contribution in [0.5, 0.6) is 5.75 Å². The maximum absolute atomic E-state index is 13.3. The molecule has 0 aromatic heterocycles. The van der Waals surface area contributed by atoms with Crippen molar-refractivity contribution in [2.45, 2.75) is 11.8 Å². The molecule has 2 aromatic carbocycles. The number of rotatable bonds is 6. The largest absolute Gasteiger partial charge is 0.497 e. The molecule has 122 valence electrons. The highest BCUT2D eigenvalue weighted by molar-refractivity contribution is 8.00. The number of hydrogen-bond acceptors (Lipinski definition) is 3. The molecule has 0 spiro atoms. The first-order valence-corrected chi connectivity index (χ1v) is 8.06. The van der Waals surface area contributed by atoms with E-state index in [2.05, 4.69) is 0 Å². The van der Waals surface area contributed by atoms with Crippen LogP contribution in [0, 0.1) is 11.6 Å². The van der Waals surface area contributed by atoms with Gasteiger partial charge in [-0.15, -0.1) is 11.8 Å². The van der Waals surface area contributed by atoms with Crippen LogP contribution in [-0.2, 0) is 4.79 Å². The summed E-state index contributed by atoms with van der Waals surface area (Å²) in [5, 5.41) is 0. The SMILES string of the molecule is CCN(C(=O)CSc1ccc(OC)cc1)c1ccc(F)c(F)c1. The van der Waals surface area contributed by atoms with Gasteiger partial charge in [-0.1, -0.05) is 0 Å². The number of carbonyl (C=O) groups excluding carboxylic acids is 1. The van der Waals surface area contributed by atoms with Gasteiger partial charge in [0.05, 0.1) is 12.9 Å². The van der Waals surface area contributed by atoms with E-state index in [0.29, 0.717) is 12.2 Å². The third-order valence-corrected chi connectivity index (χ3v) is 4.25. The van der Waals surface area contributed by atoms with Gasteiger partial charge in [-0.3, -0.25) is 4.79 Å². The van der Waals surface area contributed by atoms with E-state index in [4.69, 9.17) is 4.74 Å². The molecule has 1 amide bonds. The molecule has 0 aliphatic rings. The molecule has 0 atom stereocenters. The number of halogens is 2. The zero-order chi connectivity index (χ0) is 16.8. The maximum Gasteiger partial charge on any atom is 0.237 e. The average Bonchev–Trinajstić information content (AvgIpc) is 2.57. The number of methoxy groups -OCH3 is 1. The molecule has 0 bridgehead atoms. The lowest BCUT2D eigenvalue weighted by Gasteiger charge is -2.21. The molecular weight excluding hydrogens is 320 g/mol. The quantitative estimate of drug-likeness (QED) is 0.743. The highest BCUT2D eigenvalue weighted by Gasteiger charge is 2.16. The lowest BCUT2D eigenvalue weighted by atomic mass is 10.2. The molecule has 3 nitrogen and oxygen atoms in total. The molecule has 0 radical (unpaired) electrons. The van der Waals surface area contributed by atoms with Gasteiger partial charge < -0.3 is 9.64 Å². The first-order chi connectivity index (χ1) is 11.0. The van der Waals surface area contributed by atoms with E-state index >= 15 is 0 Å². The third-order valence-electron chi connectivity index (χ3n) is 3.25. The third kappa shape index (κ3) is 4.45. The Morgan fingerprint density at radius 3 is 2.39 bits per heavy atom. The summed E-state index contributed by atoms with van der Waals surface area (Å²) < 4.78 is 31.4. The highest BCUT2D eigenvalue weighted by Crippen LogP contribution is 2.23. The van der Waals surface area contributed by atoms with Crippen molar-refractivity contribution in [2.24, 2.45) is 0 Å². The van der Waals surface area contributed by atoms with E-state index in [1.54, 1.807) is 14.0 Å². The Kier molecular flexibility index (Phi) is 5.98. The van der Waals surface area contributed by atoms with Crippen molar-refractivity contribution in [3.8, 4) is 5.75 Å². The summed E-state index contributed by atoms with van der Waals surface area (Å²) in [4.78, 5) is 14.7. The molecule has 0 aliphatic heterocycles. The van der Waals surface area contributed by atoms with Crippen LogP contribution in [0.25, 0.3) is 0 Å². The first kappa shape index (κ1) is 17.3. The highest BCUT2D eigenvalue weighted by atomic mass is 32.2. The fraction of sp³-hybridized carbons (Fsp3) is 0.235. The Bertz CT molecular complexity index is 677. The fourth-order valence-electron chi connectivity index (χ4n) is 2.05. The van der Waals surface area contributed by atoms with E-state index in [1.807, 2.05) is 24.3 Å². The number of carbonyl (C=O) groups is 1. The van der Waals surface area contributed by atoms with E-state index in [-0.39, 0.29) is 11.7 Å². The Morgan fingerprint density at radius 1 is 1.13 bits per heavy atom. The number of amides is 1. The summed E-state index contributed by atoms with van der Waals surface area (Å²) in [5.74, 6) is -1.10. The van der Waals surface area contributed by atoms with Crippen LogP contribution in [0.3, 0.4) is 0 Å². The van der Waals surface area contributed by atoms with Crippen LogP contribution in [0.1, 0.15) is 6.92 Å². The normalized spacial score (nSPS) is 10.4. The average molecular weight is 337 g/mol. The number of ether oxygens (including phenoxy) is 1. The molecule has 0 aliphatic carbocycles. The van der Waals surface area contributed by atoms with Crippen LogP contribution < -0.4 is 9.64 Å². The number of hydrogen-bond donors (Lipinski definition) is 0. The van der Waals surface area contributed by atoms with Crippen molar-refractivity contribution in [2.75, 3.05) is 24.3 Å². The monoisotopic (exact) mass is 337 g/mol. The van der Waals surface area contributed by atoms with Gasteiger partial charge in [0.1, 0.15) is 5.75 Å². The second-order valence-electron chi connectivity index (χ2n) is 4.70. The molecule has 2 rings (SSSR count). The van der Waals surface area contributed by atoms with Crippen molar-refractivity contribution in [1.82, 2.24) is 0 Å². The molecule has 0 heterocycles. The van der Waals surface area contributed by atoms with Crippen molar-refractivity contribution in [1.29, 1.82) is 0 Å². The molecular formula is C17H17F2NO2S. The minimum atomic E-state index is -0.962. The zero-order valence-electron chi connectivity index (χ0n) is 12.9. The maximum atomic E-state index is 13.3. The molecule has 0 unspecified atom stereocenters. The van der Waals surface area contributed by atoms with E-state index < -0.39 is 11.6 Å². The van der Waals surface area contributed by atoms with Gasteiger partial charge in [0.2, 0.25) is 5.91 Å². The van der Waals surface area contributed by atoms with Crippen LogP contribution >= 0.6 is 11.8 Å². The van der Waals surface area contributed by atoms with Gasteiger partial charge in [-0.2, -0.15) is 0 Å². The Hall–Kier alpha value is -2.08. The minimum Gasteiger partial charge on any atom is -0.497 e. The standard InChI is InChI=1S/C17H17F2NO2S/c1-3-20(12-4-9-15(18)16(19)10-12)17(21)11-23-14-7-5-13(22-2)6-8-14/h4-10H,3,11H2,1-2H3. The van der Waals surface area contributed by atoms with E-state index in [1.165, 1.54) is 22.7 Å². The van der Waals surface area contributed by atoms with Crippen molar-refractivity contribution < 1.29 is 18.3 Å². The summed E-state index contributed by atoms with van der Waals surface area (Å²) in [6, 6.07) is 10.8. The zero-order valence-corrected chi connectivity index (χ0v) is 13.7. The van der Waals surface area contributed by atoms with Gasteiger partial charge in [0.15, 0.2) is 11.6 Å². The fourth-order valence-corrected chi connectivity index (χ4v) is 2.83. The minimum absolute atomic E-state index is 0.167. The van der Waals surface area contributed by atoms with E-state index in [0.717, 1.165) is 22.8 Å². The van der Waals surface area contributed by atoms with Gasteiger partial charge in [-0.25, -0.2) is 8.78 Å². The second kappa shape index (κ2) is 7.97. The Morgan fingerprint density at radius 2 is 1.83 bits per heavy atom. The molecule has 0 N–H and O–H groups in total. The van der Waals surface area contributed by atoms with Crippen molar-refractivity contribution >= 4 is 23.4 Å². The lowest BCUT2D eigenvalue weighted by Crippen LogP contribution is -2.32. The number of nitrogens with zero attached hydrogens (tertiary/aromatic N) is 1. The van der Waals surface area contributed by atoms with Crippen molar-refractivity contribution in [3.05, 3.63) is 54.1 Å². The van der Waals surface area contributed by atoms with Crippen LogP contribution in [-0.4, -0.2) is 25.3 Å². The number of thioether (sulfide) groups is 1. The Balaban J connectivity index is 2.03. The molecule has 0 fully saturated rings. The second-order valence-corrected chi connectivity index (χ2v) is 5.75. The molecule has 0 saturated heterocycles. The lowest BCUT2D eigenvalue weighted by molar-refractivity contribution is -0.116. The molecule has 2 aromatic rings. The first-order valence-electron chi connectivity index (χ1n) is 7.07. The predicted octanol–water partition coefficient (Wildman–Crippen LogP) is 4.12. The number of benzene rings is 2. The predicted molar refractivity (Wildman–Crippen MR) is 88.1 cm³/mol. The van der Waals surface area contributed by atoms with Crippen molar-refractivity contribution in [3.63, 3.8) is 0 Å². The summed E-state index contributed by atoms with van der Waals surface area (Å²) in [6.45, 7) is 2.17. The summed E-state index contributed by atoms with van der Waals surface area (Å²) in [7, 11) is 1.59. The summed E-state index contributed by atoms with van der Waals surface area (Å²) in [6.07, 6.45) is 0. The van der Waals surface area contributed by atoms with Crippen LogP contribution in [0.2, 0.25) is 0 Å². The van der Waals surface area contributed by atoms with Gasteiger partial charge >= 0.3 is 0 Å². The molecule has 23 heavy (non-hydrogen) atoms. The molecule has 0 saturated carbocycles. The number of anilines is 1. The van der Waals surface area contributed by atoms with Gasteiger partial charge in [0, 0.05) is 23.2 Å².